The van der Waals surface area contributed by atoms with E-state index in [1.54, 1.807) is 0 Å². The maximum Gasteiger partial charge on any atom is 0.224 e. The summed E-state index contributed by atoms with van der Waals surface area (Å²) in [6.07, 6.45) is 2.26. The number of benzene rings is 3. The van der Waals surface area contributed by atoms with Crippen LogP contribution in [-0.2, 0) is 21.4 Å². The Bertz CT molecular complexity index is 973. The van der Waals surface area contributed by atoms with Gasteiger partial charge >= 0.3 is 0 Å². The molecule has 0 saturated carbocycles. The van der Waals surface area contributed by atoms with Crippen molar-refractivity contribution < 1.29 is 9.53 Å². The monoisotopic (exact) mass is 399 g/mol. The quantitative estimate of drug-likeness (QED) is 0.628. The fraction of sp³-hybridized carbons (Fsp3) is 0.296. The van der Waals surface area contributed by atoms with Crippen LogP contribution in [0.3, 0.4) is 0 Å². The van der Waals surface area contributed by atoms with Crippen molar-refractivity contribution in [2.75, 3.05) is 19.8 Å². The van der Waals surface area contributed by atoms with Gasteiger partial charge in [0.1, 0.15) is 0 Å². The summed E-state index contributed by atoms with van der Waals surface area (Å²) in [4.78, 5) is 12.7. The minimum atomic E-state index is -0.0445. The summed E-state index contributed by atoms with van der Waals surface area (Å²) >= 11 is 0. The molecule has 0 aromatic heterocycles. The Labute approximate surface area is 179 Å². The summed E-state index contributed by atoms with van der Waals surface area (Å²) in [5.74, 6) is 0.0704. The molecule has 1 aliphatic rings. The van der Waals surface area contributed by atoms with Crippen LogP contribution < -0.4 is 5.32 Å². The molecule has 1 saturated heterocycles. The van der Waals surface area contributed by atoms with Gasteiger partial charge in [-0.1, -0.05) is 84.4 Å². The highest BCUT2D eigenvalue weighted by atomic mass is 16.5. The molecule has 30 heavy (non-hydrogen) atoms. The number of amides is 1. The first-order chi connectivity index (χ1) is 14.6. The number of hydrogen-bond acceptors (Lipinski definition) is 2. The number of carbonyl (C=O) groups excluding carboxylic acids is 1. The molecule has 0 atom stereocenters. The Balaban J connectivity index is 1.40. The first-order valence-corrected chi connectivity index (χ1v) is 10.7. The number of aryl methyl sites for hydroxylation is 1. The second kappa shape index (κ2) is 9.27. The molecule has 1 N–H and O–H groups in total. The minimum absolute atomic E-state index is 0.0445. The van der Waals surface area contributed by atoms with E-state index in [2.05, 4.69) is 60.8 Å². The van der Waals surface area contributed by atoms with Crippen LogP contribution >= 0.6 is 0 Å². The molecular weight excluding hydrogens is 370 g/mol. The first kappa shape index (κ1) is 20.4. The van der Waals surface area contributed by atoms with Crippen LogP contribution in [0.25, 0.3) is 11.1 Å². The Hall–Kier alpha value is -2.91. The summed E-state index contributed by atoms with van der Waals surface area (Å²) in [6, 6.07) is 27.2. The van der Waals surface area contributed by atoms with Gasteiger partial charge in [-0.3, -0.25) is 4.79 Å². The molecule has 0 radical (unpaired) electrons. The van der Waals surface area contributed by atoms with Gasteiger partial charge in [-0.2, -0.15) is 0 Å². The van der Waals surface area contributed by atoms with Crippen molar-refractivity contribution in [3.8, 4) is 11.1 Å². The van der Waals surface area contributed by atoms with Gasteiger partial charge in [-0.25, -0.2) is 0 Å². The molecule has 1 amide bonds. The molecule has 4 rings (SSSR count). The smallest absolute Gasteiger partial charge is 0.224 e. The average Bonchev–Trinajstić information content (AvgIpc) is 2.79. The van der Waals surface area contributed by atoms with E-state index >= 15 is 0 Å². The van der Waals surface area contributed by atoms with Crippen LogP contribution in [0, 0.1) is 6.92 Å². The first-order valence-electron chi connectivity index (χ1n) is 10.7. The Morgan fingerprint density at radius 2 is 1.60 bits per heavy atom. The predicted octanol–water partition coefficient (Wildman–Crippen LogP) is 5.07. The molecule has 0 aliphatic carbocycles. The zero-order valence-corrected chi connectivity index (χ0v) is 17.6. The summed E-state index contributed by atoms with van der Waals surface area (Å²) in [6.45, 7) is 4.25. The third-order valence-corrected chi connectivity index (χ3v) is 6.13. The van der Waals surface area contributed by atoms with Crippen LogP contribution in [-0.4, -0.2) is 25.7 Å². The molecule has 1 aliphatic heterocycles. The summed E-state index contributed by atoms with van der Waals surface area (Å²) in [5, 5.41) is 3.21. The van der Waals surface area contributed by atoms with Crippen molar-refractivity contribution in [2.24, 2.45) is 0 Å². The van der Waals surface area contributed by atoms with Gasteiger partial charge in [0.15, 0.2) is 0 Å². The number of rotatable bonds is 6. The van der Waals surface area contributed by atoms with E-state index in [1.807, 2.05) is 30.3 Å². The van der Waals surface area contributed by atoms with E-state index in [-0.39, 0.29) is 11.3 Å². The van der Waals surface area contributed by atoms with Crippen LogP contribution in [0.5, 0.6) is 0 Å². The molecule has 3 nitrogen and oxygen atoms in total. The third kappa shape index (κ3) is 4.80. The molecule has 154 valence electrons. The molecule has 0 unspecified atom stereocenters. The second-order valence-corrected chi connectivity index (χ2v) is 8.28. The fourth-order valence-electron chi connectivity index (χ4n) is 4.27. The van der Waals surface area contributed by atoms with Crippen molar-refractivity contribution >= 4 is 5.91 Å². The lowest BCUT2D eigenvalue weighted by atomic mass is 9.73. The standard InChI is InChI=1S/C27H29NO2/c1-21-6-5-9-25(18-21)27(14-16-30-17-15-27)20-28-26(29)19-22-10-12-24(13-11-22)23-7-3-2-4-8-23/h2-13,18H,14-17,19-20H2,1H3,(H,28,29). The van der Waals surface area contributed by atoms with Gasteiger partial charge in [0.25, 0.3) is 0 Å². The normalized spacial score (nSPS) is 15.5. The molecule has 0 bridgehead atoms. The Morgan fingerprint density at radius 1 is 0.900 bits per heavy atom. The number of nitrogens with one attached hydrogen (secondary N) is 1. The lowest BCUT2D eigenvalue weighted by Gasteiger charge is -2.38. The van der Waals surface area contributed by atoms with Crippen molar-refractivity contribution in [3.63, 3.8) is 0 Å². The number of ether oxygens (including phenoxy) is 1. The maximum atomic E-state index is 12.7. The summed E-state index contributed by atoms with van der Waals surface area (Å²) < 4.78 is 5.61. The van der Waals surface area contributed by atoms with Crippen LogP contribution in [0.15, 0.2) is 78.9 Å². The van der Waals surface area contributed by atoms with Crippen molar-refractivity contribution in [3.05, 3.63) is 95.6 Å². The van der Waals surface area contributed by atoms with E-state index in [1.165, 1.54) is 22.3 Å². The van der Waals surface area contributed by atoms with E-state index in [0.29, 0.717) is 13.0 Å². The van der Waals surface area contributed by atoms with E-state index in [0.717, 1.165) is 31.6 Å². The molecule has 3 aromatic rings. The molecular formula is C27H29NO2. The van der Waals surface area contributed by atoms with Gasteiger partial charge in [-0.15, -0.1) is 0 Å². The highest BCUT2D eigenvalue weighted by Gasteiger charge is 2.34. The Kier molecular flexibility index (Phi) is 6.29. The van der Waals surface area contributed by atoms with E-state index in [9.17, 15) is 4.79 Å². The largest absolute Gasteiger partial charge is 0.381 e. The summed E-state index contributed by atoms with van der Waals surface area (Å²) in [7, 11) is 0. The van der Waals surface area contributed by atoms with Gasteiger partial charge in [-0.05, 0) is 42.0 Å². The predicted molar refractivity (Wildman–Crippen MR) is 122 cm³/mol. The minimum Gasteiger partial charge on any atom is -0.381 e. The fourth-order valence-corrected chi connectivity index (χ4v) is 4.27. The Morgan fingerprint density at radius 3 is 2.30 bits per heavy atom. The van der Waals surface area contributed by atoms with Crippen LogP contribution in [0.2, 0.25) is 0 Å². The zero-order valence-electron chi connectivity index (χ0n) is 17.6. The van der Waals surface area contributed by atoms with Crippen molar-refractivity contribution in [1.82, 2.24) is 5.32 Å². The van der Waals surface area contributed by atoms with Gasteiger partial charge in [0, 0.05) is 25.2 Å². The summed E-state index contributed by atoms with van der Waals surface area (Å²) in [5.41, 5.74) is 5.90. The highest BCUT2D eigenvalue weighted by Crippen LogP contribution is 2.34. The topological polar surface area (TPSA) is 38.3 Å². The maximum absolute atomic E-state index is 12.7. The van der Waals surface area contributed by atoms with E-state index < -0.39 is 0 Å². The SMILES string of the molecule is Cc1cccc(C2(CNC(=O)Cc3ccc(-c4ccccc4)cc3)CCOCC2)c1. The van der Waals surface area contributed by atoms with Gasteiger partial charge < -0.3 is 10.1 Å². The second-order valence-electron chi connectivity index (χ2n) is 8.28. The number of hydrogen-bond donors (Lipinski definition) is 1. The van der Waals surface area contributed by atoms with Crippen molar-refractivity contribution in [2.45, 2.75) is 31.6 Å². The average molecular weight is 400 g/mol. The number of carbonyl (C=O) groups is 1. The highest BCUT2D eigenvalue weighted by molar-refractivity contribution is 5.79. The van der Waals surface area contributed by atoms with Gasteiger partial charge in [0.2, 0.25) is 5.91 Å². The van der Waals surface area contributed by atoms with Crippen LogP contribution in [0.4, 0.5) is 0 Å². The molecule has 1 heterocycles. The molecule has 3 heteroatoms. The molecule has 0 spiro atoms. The lowest BCUT2D eigenvalue weighted by molar-refractivity contribution is -0.120. The zero-order chi connectivity index (χ0) is 20.8. The third-order valence-electron chi connectivity index (χ3n) is 6.13. The van der Waals surface area contributed by atoms with E-state index in [4.69, 9.17) is 4.74 Å². The molecule has 3 aromatic carbocycles. The van der Waals surface area contributed by atoms with Crippen molar-refractivity contribution in [1.29, 1.82) is 0 Å². The lowest BCUT2D eigenvalue weighted by Crippen LogP contribution is -2.45. The molecule has 1 fully saturated rings. The van der Waals surface area contributed by atoms with Crippen LogP contribution in [0.1, 0.15) is 29.5 Å². The van der Waals surface area contributed by atoms with Gasteiger partial charge in [0.05, 0.1) is 6.42 Å².